The molecule has 0 bridgehead atoms. The first-order chi connectivity index (χ1) is 18.6. The molecular weight excluding hydrogens is 470 g/mol. The third-order valence-electron chi connectivity index (χ3n) is 7.27. The van der Waals surface area contributed by atoms with Gasteiger partial charge in [-0.3, -0.25) is 9.88 Å². The van der Waals surface area contributed by atoms with Crippen LogP contribution >= 0.6 is 0 Å². The first-order valence-electron chi connectivity index (χ1n) is 13.1. The molecule has 2 aromatic carbocycles. The lowest BCUT2D eigenvalue weighted by Gasteiger charge is -2.28. The van der Waals surface area contributed by atoms with E-state index in [1.165, 1.54) is 16.3 Å². The number of fused-ring (bicyclic) bond motifs is 2. The number of nitrogens with one attached hydrogen (secondary N) is 1. The minimum atomic E-state index is 0.384. The predicted octanol–water partition coefficient (Wildman–Crippen LogP) is 6.44. The first kappa shape index (κ1) is 24.0. The summed E-state index contributed by atoms with van der Waals surface area (Å²) >= 11 is 0. The summed E-state index contributed by atoms with van der Waals surface area (Å²) in [5, 5.41) is 6.90. The zero-order valence-corrected chi connectivity index (χ0v) is 22.0. The normalized spacial score (nSPS) is 12.5. The standard InChI is InChI=1S/C31H31N7/c1-4-22(3)37(17-24-12-8-11-23-10-5-6-13-26(23)24)19-28-35-30(25-15-16-29-32-20-33-38(29)18-25)31(36-28)27-14-7-9-21(2)34-27/h5-16,18,20,22H,4,17,19H2,1-3H3,(H,35,36). The van der Waals surface area contributed by atoms with Gasteiger partial charge in [0, 0.05) is 30.0 Å². The first-order valence-corrected chi connectivity index (χ1v) is 13.1. The number of nitrogens with zero attached hydrogens (tertiary/aromatic N) is 6. The van der Waals surface area contributed by atoms with Crippen molar-refractivity contribution in [2.45, 2.75) is 46.3 Å². The highest BCUT2D eigenvalue weighted by Gasteiger charge is 2.21. The average Bonchev–Trinajstić information content (AvgIpc) is 3.59. The van der Waals surface area contributed by atoms with Gasteiger partial charge >= 0.3 is 0 Å². The zero-order chi connectivity index (χ0) is 26.1. The molecule has 4 heterocycles. The molecule has 7 nitrogen and oxygen atoms in total. The topological polar surface area (TPSA) is 75.0 Å². The van der Waals surface area contributed by atoms with Crippen LogP contribution in [0.15, 0.2) is 85.3 Å². The van der Waals surface area contributed by atoms with E-state index in [9.17, 15) is 0 Å². The molecule has 4 aromatic heterocycles. The molecule has 0 radical (unpaired) electrons. The van der Waals surface area contributed by atoms with Gasteiger partial charge in [0.2, 0.25) is 0 Å². The number of aryl methyl sites for hydroxylation is 1. The van der Waals surface area contributed by atoms with Gasteiger partial charge in [0.15, 0.2) is 5.65 Å². The third-order valence-corrected chi connectivity index (χ3v) is 7.27. The number of H-pyrrole nitrogens is 1. The maximum atomic E-state index is 5.14. The van der Waals surface area contributed by atoms with Crippen LogP contribution < -0.4 is 0 Å². The molecule has 38 heavy (non-hydrogen) atoms. The molecule has 0 fully saturated rings. The minimum Gasteiger partial charge on any atom is -0.339 e. The summed E-state index contributed by atoms with van der Waals surface area (Å²) in [6.45, 7) is 8.08. The van der Waals surface area contributed by atoms with Crippen LogP contribution in [0.5, 0.6) is 0 Å². The van der Waals surface area contributed by atoms with Crippen LogP contribution in [0.1, 0.15) is 37.4 Å². The summed E-state index contributed by atoms with van der Waals surface area (Å²) in [6, 6.07) is 25.7. The maximum Gasteiger partial charge on any atom is 0.155 e. The van der Waals surface area contributed by atoms with Gasteiger partial charge < -0.3 is 4.98 Å². The summed E-state index contributed by atoms with van der Waals surface area (Å²) in [5.41, 5.74) is 6.72. The molecule has 0 aliphatic heterocycles. The fourth-order valence-electron chi connectivity index (χ4n) is 5.00. The molecule has 0 aliphatic rings. The summed E-state index contributed by atoms with van der Waals surface area (Å²) < 4.78 is 1.78. The SMILES string of the molecule is CCC(C)N(Cc1nc(-c2ccc3ncnn3c2)c(-c2cccc(C)n2)[nH]1)Cc1cccc2ccccc12. The second-order valence-corrected chi connectivity index (χ2v) is 9.85. The quantitative estimate of drug-likeness (QED) is 0.260. The highest BCUT2D eigenvalue weighted by Crippen LogP contribution is 2.30. The summed E-state index contributed by atoms with van der Waals surface area (Å²) in [4.78, 5) is 20.4. The van der Waals surface area contributed by atoms with Gasteiger partial charge in [-0.2, -0.15) is 5.10 Å². The lowest BCUT2D eigenvalue weighted by Crippen LogP contribution is -2.32. The summed E-state index contributed by atoms with van der Waals surface area (Å²) in [7, 11) is 0. The Balaban J connectivity index is 1.40. The molecule has 7 heteroatoms. The highest BCUT2D eigenvalue weighted by molar-refractivity contribution is 5.85. The highest BCUT2D eigenvalue weighted by atomic mass is 15.3. The van der Waals surface area contributed by atoms with Crippen molar-refractivity contribution >= 4 is 16.4 Å². The van der Waals surface area contributed by atoms with Crippen molar-refractivity contribution in [3.63, 3.8) is 0 Å². The molecule has 6 aromatic rings. The van der Waals surface area contributed by atoms with Crippen molar-refractivity contribution in [3.8, 4) is 22.6 Å². The van der Waals surface area contributed by atoms with Gasteiger partial charge in [0.05, 0.1) is 23.6 Å². The fraction of sp³-hybridized carbons (Fsp3) is 0.226. The van der Waals surface area contributed by atoms with Gasteiger partial charge in [0.1, 0.15) is 12.2 Å². The lowest BCUT2D eigenvalue weighted by molar-refractivity contribution is 0.182. The molecule has 0 saturated carbocycles. The van der Waals surface area contributed by atoms with Crippen LogP contribution in [0.4, 0.5) is 0 Å². The summed E-state index contributed by atoms with van der Waals surface area (Å²) in [5.74, 6) is 0.914. The van der Waals surface area contributed by atoms with Crippen LogP contribution in [0.3, 0.4) is 0 Å². The van der Waals surface area contributed by atoms with E-state index < -0.39 is 0 Å². The van der Waals surface area contributed by atoms with Gasteiger partial charge in [-0.15, -0.1) is 0 Å². The Morgan fingerprint density at radius 2 is 1.76 bits per heavy atom. The van der Waals surface area contributed by atoms with E-state index in [-0.39, 0.29) is 0 Å². The van der Waals surface area contributed by atoms with E-state index in [4.69, 9.17) is 9.97 Å². The lowest BCUT2D eigenvalue weighted by atomic mass is 10.0. The molecule has 1 unspecified atom stereocenters. The zero-order valence-electron chi connectivity index (χ0n) is 22.0. The van der Waals surface area contributed by atoms with Crippen LogP contribution in [0.25, 0.3) is 39.1 Å². The van der Waals surface area contributed by atoms with Crippen LogP contribution in [0.2, 0.25) is 0 Å². The smallest absolute Gasteiger partial charge is 0.155 e. The van der Waals surface area contributed by atoms with Crippen molar-refractivity contribution in [2.75, 3.05) is 0 Å². The molecule has 0 saturated heterocycles. The molecule has 190 valence electrons. The van der Waals surface area contributed by atoms with Crippen LogP contribution in [-0.4, -0.2) is 40.5 Å². The van der Waals surface area contributed by atoms with Crippen molar-refractivity contribution in [1.29, 1.82) is 0 Å². The average molecular weight is 502 g/mol. The predicted molar refractivity (Wildman–Crippen MR) is 151 cm³/mol. The van der Waals surface area contributed by atoms with Gasteiger partial charge in [-0.1, -0.05) is 55.5 Å². The molecule has 0 amide bonds. The second kappa shape index (κ2) is 10.2. The summed E-state index contributed by atoms with van der Waals surface area (Å²) in [6.07, 6.45) is 4.59. The van der Waals surface area contributed by atoms with E-state index in [1.54, 1.807) is 10.8 Å². The van der Waals surface area contributed by atoms with Crippen molar-refractivity contribution in [3.05, 3.63) is 102 Å². The minimum absolute atomic E-state index is 0.384. The Kier molecular flexibility index (Phi) is 6.43. The number of aromatic amines is 1. The largest absolute Gasteiger partial charge is 0.339 e. The monoisotopic (exact) mass is 501 g/mol. The van der Waals surface area contributed by atoms with Gasteiger partial charge in [-0.05, 0) is 60.9 Å². The van der Waals surface area contributed by atoms with E-state index in [1.807, 2.05) is 43.5 Å². The van der Waals surface area contributed by atoms with Gasteiger partial charge in [-0.25, -0.2) is 14.5 Å². The van der Waals surface area contributed by atoms with E-state index >= 15 is 0 Å². The fourth-order valence-corrected chi connectivity index (χ4v) is 5.00. The Hall–Kier alpha value is -4.36. The molecule has 0 spiro atoms. The number of rotatable bonds is 8. The Morgan fingerprint density at radius 3 is 2.63 bits per heavy atom. The molecule has 1 atom stereocenters. The van der Waals surface area contributed by atoms with Crippen LogP contribution in [-0.2, 0) is 13.1 Å². The number of benzene rings is 2. The second-order valence-electron chi connectivity index (χ2n) is 9.85. The van der Waals surface area contributed by atoms with Crippen molar-refractivity contribution in [2.24, 2.45) is 0 Å². The van der Waals surface area contributed by atoms with E-state index in [2.05, 4.69) is 76.3 Å². The van der Waals surface area contributed by atoms with Crippen LogP contribution in [0, 0.1) is 6.92 Å². The Bertz CT molecular complexity index is 1710. The Labute approximate surface area is 222 Å². The number of aromatic nitrogens is 6. The molecule has 0 aliphatic carbocycles. The van der Waals surface area contributed by atoms with Crippen molar-refractivity contribution in [1.82, 2.24) is 34.4 Å². The Morgan fingerprint density at radius 1 is 0.921 bits per heavy atom. The molecule has 6 rings (SSSR count). The van der Waals surface area contributed by atoms with E-state index in [0.29, 0.717) is 12.6 Å². The maximum absolute atomic E-state index is 5.14. The number of pyridine rings is 2. The van der Waals surface area contributed by atoms with Gasteiger partial charge in [0.25, 0.3) is 0 Å². The molecular formula is C31H31N7. The number of imidazole rings is 1. The van der Waals surface area contributed by atoms with E-state index in [0.717, 1.165) is 52.8 Å². The molecule has 1 N–H and O–H groups in total. The number of hydrogen-bond donors (Lipinski definition) is 1. The van der Waals surface area contributed by atoms with Crippen molar-refractivity contribution < 1.29 is 0 Å². The number of hydrogen-bond acceptors (Lipinski definition) is 5. The third kappa shape index (κ3) is 4.68.